The first-order valence-electron chi connectivity index (χ1n) is 9.01. The summed E-state index contributed by atoms with van der Waals surface area (Å²) in [6.07, 6.45) is 4.20. The predicted octanol–water partition coefficient (Wildman–Crippen LogP) is 2.34. The average molecular weight is 415 g/mol. The summed E-state index contributed by atoms with van der Waals surface area (Å²) in [5.74, 6) is -1.07. The van der Waals surface area contributed by atoms with Crippen LogP contribution in [0.1, 0.15) is 48.9 Å². The number of nitrogens with zero attached hydrogens (tertiary/aromatic N) is 1. The highest BCUT2D eigenvalue weighted by molar-refractivity contribution is 7.89. The number of hydrogen-bond donors (Lipinski definition) is 1. The van der Waals surface area contributed by atoms with Crippen LogP contribution in [0.15, 0.2) is 23.1 Å². The molecule has 27 heavy (non-hydrogen) atoms. The van der Waals surface area contributed by atoms with Crippen LogP contribution in [0.25, 0.3) is 0 Å². The van der Waals surface area contributed by atoms with Gasteiger partial charge >= 0.3 is 5.97 Å². The first-order chi connectivity index (χ1) is 12.8. The summed E-state index contributed by atoms with van der Waals surface area (Å²) in [4.78, 5) is 25.1. The van der Waals surface area contributed by atoms with E-state index in [9.17, 15) is 18.0 Å². The van der Waals surface area contributed by atoms with Gasteiger partial charge in [0.1, 0.15) is 5.54 Å². The first-order valence-corrected chi connectivity index (χ1v) is 10.8. The zero-order valence-electron chi connectivity index (χ0n) is 15.2. The van der Waals surface area contributed by atoms with Crippen molar-refractivity contribution in [3.63, 3.8) is 0 Å². The maximum atomic E-state index is 12.8. The number of benzene rings is 1. The molecule has 0 spiro atoms. The molecule has 1 heterocycles. The smallest absolute Gasteiger partial charge is 0.331 e. The number of nitrogens with one attached hydrogen (secondary N) is 1. The molecule has 0 unspecified atom stereocenters. The van der Waals surface area contributed by atoms with Crippen molar-refractivity contribution in [3.8, 4) is 0 Å². The summed E-state index contributed by atoms with van der Waals surface area (Å²) in [6, 6.07) is 4.09. The Kier molecular flexibility index (Phi) is 5.79. The maximum Gasteiger partial charge on any atom is 0.331 e. The molecule has 0 bridgehead atoms. The van der Waals surface area contributed by atoms with Gasteiger partial charge in [-0.05, 0) is 43.9 Å². The predicted molar refractivity (Wildman–Crippen MR) is 100 cm³/mol. The Hall–Kier alpha value is -1.64. The van der Waals surface area contributed by atoms with Gasteiger partial charge in [0.25, 0.3) is 5.91 Å². The molecule has 3 rings (SSSR count). The molecule has 1 N–H and O–H groups in total. The number of rotatable bonds is 5. The number of hydrogen-bond acceptors (Lipinski definition) is 5. The van der Waals surface area contributed by atoms with E-state index >= 15 is 0 Å². The lowest BCUT2D eigenvalue weighted by molar-refractivity contribution is -0.148. The van der Waals surface area contributed by atoms with E-state index in [1.807, 2.05) is 0 Å². The number of amides is 1. The van der Waals surface area contributed by atoms with Crippen LogP contribution in [0.2, 0.25) is 5.02 Å². The van der Waals surface area contributed by atoms with Crippen LogP contribution >= 0.6 is 11.6 Å². The second-order valence-corrected chi connectivity index (χ2v) is 9.33. The summed E-state index contributed by atoms with van der Waals surface area (Å²) in [7, 11) is -2.39. The zero-order valence-corrected chi connectivity index (χ0v) is 16.7. The fraction of sp³-hybridized carbons (Fsp3) is 0.556. The largest absolute Gasteiger partial charge is 0.467 e. The number of sulfonamides is 1. The third kappa shape index (κ3) is 3.83. The number of halogens is 1. The standard InChI is InChI=1S/C18H23ClN2O5S/c1-26-17(23)18(8-2-3-9-18)20-16(22)14-12-13(6-7-15(14)19)27(24,25)21-10-4-5-11-21/h6-7,12H,2-5,8-11H2,1H3,(H,20,22). The van der Waals surface area contributed by atoms with Crippen molar-refractivity contribution in [3.05, 3.63) is 28.8 Å². The molecule has 7 nitrogen and oxygen atoms in total. The van der Waals surface area contributed by atoms with Crippen molar-refractivity contribution < 1.29 is 22.7 Å². The molecule has 1 saturated carbocycles. The van der Waals surface area contributed by atoms with Crippen LogP contribution in [-0.2, 0) is 19.6 Å². The third-order valence-corrected chi connectivity index (χ3v) is 7.50. The lowest BCUT2D eigenvalue weighted by atomic mass is 9.97. The van der Waals surface area contributed by atoms with E-state index in [-0.39, 0.29) is 15.5 Å². The van der Waals surface area contributed by atoms with E-state index in [1.165, 1.54) is 29.6 Å². The van der Waals surface area contributed by atoms with E-state index < -0.39 is 27.4 Å². The Morgan fingerprint density at radius 1 is 1.15 bits per heavy atom. The first kappa shape index (κ1) is 20.1. The molecular weight excluding hydrogens is 392 g/mol. The second kappa shape index (κ2) is 7.77. The molecule has 0 aromatic heterocycles. The normalized spacial score (nSPS) is 19.8. The molecule has 1 aromatic carbocycles. The SMILES string of the molecule is COC(=O)C1(NC(=O)c2cc(S(=O)(=O)N3CCCC3)ccc2Cl)CCCC1. The van der Waals surface area contributed by atoms with Gasteiger partial charge in [0.15, 0.2) is 0 Å². The number of carbonyl (C=O) groups excluding carboxylic acids is 2. The summed E-state index contributed by atoms with van der Waals surface area (Å²) in [5.41, 5.74) is -1.05. The molecule has 1 aliphatic heterocycles. The molecule has 1 saturated heterocycles. The van der Waals surface area contributed by atoms with Gasteiger partial charge in [0.2, 0.25) is 10.0 Å². The highest BCUT2D eigenvalue weighted by Gasteiger charge is 2.44. The number of methoxy groups -OCH3 is 1. The second-order valence-electron chi connectivity index (χ2n) is 6.99. The van der Waals surface area contributed by atoms with Crippen molar-refractivity contribution in [1.82, 2.24) is 9.62 Å². The van der Waals surface area contributed by atoms with Crippen LogP contribution in [0.3, 0.4) is 0 Å². The minimum Gasteiger partial charge on any atom is -0.467 e. The van der Waals surface area contributed by atoms with Gasteiger partial charge in [0, 0.05) is 13.1 Å². The molecule has 1 amide bonds. The van der Waals surface area contributed by atoms with Gasteiger partial charge in [0.05, 0.1) is 22.6 Å². The van der Waals surface area contributed by atoms with E-state index in [1.54, 1.807) is 0 Å². The van der Waals surface area contributed by atoms with Crippen molar-refractivity contribution in [2.24, 2.45) is 0 Å². The molecule has 1 aliphatic carbocycles. The van der Waals surface area contributed by atoms with E-state index in [0.717, 1.165) is 25.7 Å². The highest BCUT2D eigenvalue weighted by Crippen LogP contribution is 2.32. The van der Waals surface area contributed by atoms with Gasteiger partial charge < -0.3 is 10.1 Å². The minimum absolute atomic E-state index is 0.0255. The molecule has 0 atom stereocenters. The Morgan fingerprint density at radius 2 is 1.78 bits per heavy atom. The van der Waals surface area contributed by atoms with E-state index in [2.05, 4.69) is 5.32 Å². The Morgan fingerprint density at radius 3 is 2.37 bits per heavy atom. The summed E-state index contributed by atoms with van der Waals surface area (Å²) in [6.45, 7) is 0.940. The fourth-order valence-electron chi connectivity index (χ4n) is 3.76. The quantitative estimate of drug-likeness (QED) is 0.746. The van der Waals surface area contributed by atoms with Gasteiger partial charge in [-0.15, -0.1) is 0 Å². The summed E-state index contributed by atoms with van der Waals surface area (Å²) >= 11 is 6.16. The Balaban J connectivity index is 1.90. The molecule has 9 heteroatoms. The topological polar surface area (TPSA) is 92.8 Å². The fourth-order valence-corrected chi connectivity index (χ4v) is 5.50. The zero-order chi connectivity index (χ0) is 19.7. The molecule has 1 aromatic rings. The maximum absolute atomic E-state index is 12.8. The van der Waals surface area contributed by atoms with Crippen LogP contribution in [-0.4, -0.2) is 50.3 Å². The molecule has 2 aliphatic rings. The van der Waals surface area contributed by atoms with Crippen molar-refractivity contribution >= 4 is 33.5 Å². The van der Waals surface area contributed by atoms with Gasteiger partial charge in [-0.2, -0.15) is 4.31 Å². The highest BCUT2D eigenvalue weighted by atomic mass is 35.5. The molecule has 0 radical (unpaired) electrons. The van der Waals surface area contributed by atoms with Crippen molar-refractivity contribution in [1.29, 1.82) is 0 Å². The lowest BCUT2D eigenvalue weighted by Crippen LogP contribution is -2.53. The number of ether oxygens (including phenoxy) is 1. The van der Waals surface area contributed by atoms with Gasteiger partial charge in [-0.25, -0.2) is 13.2 Å². The Labute approximate surface area is 164 Å². The van der Waals surface area contributed by atoms with Crippen molar-refractivity contribution in [2.45, 2.75) is 49.0 Å². The van der Waals surface area contributed by atoms with Crippen molar-refractivity contribution in [2.75, 3.05) is 20.2 Å². The van der Waals surface area contributed by atoms with Crippen LogP contribution in [0, 0.1) is 0 Å². The minimum atomic E-state index is -3.67. The van der Waals surface area contributed by atoms with Crippen LogP contribution in [0.5, 0.6) is 0 Å². The summed E-state index contributed by atoms with van der Waals surface area (Å²) < 4.78 is 31.8. The number of carbonyl (C=O) groups is 2. The molecule has 148 valence electrons. The van der Waals surface area contributed by atoms with E-state index in [4.69, 9.17) is 16.3 Å². The van der Waals surface area contributed by atoms with Gasteiger partial charge in [-0.3, -0.25) is 4.79 Å². The van der Waals surface area contributed by atoms with E-state index in [0.29, 0.717) is 25.9 Å². The third-order valence-electron chi connectivity index (χ3n) is 5.27. The lowest BCUT2D eigenvalue weighted by Gasteiger charge is -2.27. The number of esters is 1. The Bertz CT molecular complexity index is 843. The molecular formula is C18H23ClN2O5S. The monoisotopic (exact) mass is 414 g/mol. The van der Waals surface area contributed by atoms with Gasteiger partial charge in [-0.1, -0.05) is 24.4 Å². The van der Waals surface area contributed by atoms with Crippen LogP contribution in [0.4, 0.5) is 0 Å². The summed E-state index contributed by atoms with van der Waals surface area (Å²) in [5, 5.41) is 2.87. The average Bonchev–Trinajstić information content (AvgIpc) is 3.34. The molecule has 2 fully saturated rings. The van der Waals surface area contributed by atoms with Crippen LogP contribution < -0.4 is 5.32 Å².